The van der Waals surface area contributed by atoms with Crippen LogP contribution in [-0.4, -0.2) is 31.5 Å². The van der Waals surface area contributed by atoms with Crippen LogP contribution in [0.3, 0.4) is 0 Å². The number of esters is 1. The van der Waals surface area contributed by atoms with E-state index in [1.165, 1.54) is 0 Å². The van der Waals surface area contributed by atoms with Gasteiger partial charge in [-0.1, -0.05) is 11.7 Å². The first-order valence-electron chi connectivity index (χ1n) is 5.73. The van der Waals surface area contributed by atoms with Gasteiger partial charge in [-0.3, -0.25) is 0 Å². The van der Waals surface area contributed by atoms with Crippen molar-refractivity contribution in [2.75, 3.05) is 20.6 Å². The summed E-state index contributed by atoms with van der Waals surface area (Å²) in [6, 6.07) is 6.29. The van der Waals surface area contributed by atoms with Crippen LogP contribution < -0.4 is 4.74 Å². The van der Waals surface area contributed by atoms with Gasteiger partial charge in [0.25, 0.3) is 0 Å². The van der Waals surface area contributed by atoms with Crippen molar-refractivity contribution >= 4 is 11.7 Å². The van der Waals surface area contributed by atoms with E-state index in [0.717, 1.165) is 6.54 Å². The number of carbonyl (C=O) groups excluding carboxylic acids is 1. The maximum atomic E-state index is 11.7. The van der Waals surface area contributed by atoms with E-state index in [1.807, 2.05) is 19.0 Å². The summed E-state index contributed by atoms with van der Waals surface area (Å²) in [6.07, 6.45) is 0.558. The predicted octanol–water partition coefficient (Wildman–Crippen LogP) is 3.04. The lowest BCUT2D eigenvalue weighted by atomic mass is 10.2. The topological polar surface area (TPSA) is 78.3 Å². The first kappa shape index (κ1) is 14.8. The number of azide groups is 1. The number of carbonyl (C=O) groups is 1. The molecule has 0 heterocycles. The van der Waals surface area contributed by atoms with E-state index < -0.39 is 5.97 Å². The van der Waals surface area contributed by atoms with E-state index in [1.54, 1.807) is 24.3 Å². The van der Waals surface area contributed by atoms with Crippen molar-refractivity contribution in [2.45, 2.75) is 6.42 Å². The number of ether oxygens (including phenoxy) is 1. The van der Waals surface area contributed by atoms with Crippen LogP contribution in [0.15, 0.2) is 41.5 Å². The Labute approximate surface area is 111 Å². The van der Waals surface area contributed by atoms with Crippen LogP contribution in [-0.2, 0) is 4.79 Å². The summed E-state index contributed by atoms with van der Waals surface area (Å²) in [6.45, 7) is 4.44. The quantitative estimate of drug-likeness (QED) is 0.197. The molecule has 0 bridgehead atoms. The molecule has 0 N–H and O–H groups in total. The van der Waals surface area contributed by atoms with Gasteiger partial charge in [-0.25, -0.2) is 4.79 Å². The Bertz CT molecular complexity index is 502. The van der Waals surface area contributed by atoms with Crippen molar-refractivity contribution in [2.24, 2.45) is 5.11 Å². The monoisotopic (exact) mass is 260 g/mol. The van der Waals surface area contributed by atoms with Crippen molar-refractivity contribution in [3.8, 4) is 5.75 Å². The zero-order valence-corrected chi connectivity index (χ0v) is 11.0. The maximum Gasteiger partial charge on any atom is 0.338 e. The second-order valence-corrected chi connectivity index (χ2v) is 4.23. The van der Waals surface area contributed by atoms with E-state index >= 15 is 0 Å². The highest BCUT2D eigenvalue weighted by Crippen LogP contribution is 2.19. The summed E-state index contributed by atoms with van der Waals surface area (Å²) in [5.74, 6) is -0.0497. The summed E-state index contributed by atoms with van der Waals surface area (Å²) in [7, 11) is 3.85. The minimum atomic E-state index is -0.446. The largest absolute Gasteiger partial charge is 0.423 e. The molecule has 0 amide bonds. The normalized spacial score (nSPS) is 9.84. The third kappa shape index (κ3) is 5.25. The summed E-state index contributed by atoms with van der Waals surface area (Å²) in [5.41, 5.74) is 9.16. The van der Waals surface area contributed by atoms with E-state index in [0.29, 0.717) is 23.4 Å². The Morgan fingerprint density at radius 1 is 1.42 bits per heavy atom. The number of nitrogens with zero attached hydrogens (tertiary/aromatic N) is 4. The lowest BCUT2D eigenvalue weighted by Gasteiger charge is -2.10. The van der Waals surface area contributed by atoms with Gasteiger partial charge in [0.05, 0.1) is 0 Å². The highest BCUT2D eigenvalue weighted by Gasteiger charge is 2.10. The molecule has 0 atom stereocenters. The van der Waals surface area contributed by atoms with Crippen molar-refractivity contribution in [1.82, 2.24) is 4.90 Å². The molecule has 0 aliphatic rings. The highest BCUT2D eigenvalue weighted by molar-refractivity contribution is 5.89. The van der Waals surface area contributed by atoms with E-state index in [4.69, 9.17) is 10.3 Å². The molecule has 6 heteroatoms. The van der Waals surface area contributed by atoms with Crippen molar-refractivity contribution in [1.29, 1.82) is 0 Å². The maximum absolute atomic E-state index is 11.7. The van der Waals surface area contributed by atoms with E-state index in [-0.39, 0.29) is 0 Å². The third-order valence-electron chi connectivity index (χ3n) is 2.36. The highest BCUT2D eigenvalue weighted by atomic mass is 16.5. The second-order valence-electron chi connectivity index (χ2n) is 4.23. The second kappa shape index (κ2) is 7.20. The molecule has 0 saturated carbocycles. The van der Waals surface area contributed by atoms with Crippen molar-refractivity contribution in [3.63, 3.8) is 0 Å². The molecule has 0 fully saturated rings. The fraction of sp³-hybridized carbons (Fsp3) is 0.308. The lowest BCUT2D eigenvalue weighted by Crippen LogP contribution is -2.17. The Morgan fingerprint density at radius 2 is 2.05 bits per heavy atom. The van der Waals surface area contributed by atoms with Gasteiger partial charge in [-0.15, -0.1) is 0 Å². The van der Waals surface area contributed by atoms with Crippen LogP contribution in [0.4, 0.5) is 5.69 Å². The zero-order valence-electron chi connectivity index (χ0n) is 11.0. The van der Waals surface area contributed by atoms with E-state index in [9.17, 15) is 4.79 Å². The van der Waals surface area contributed by atoms with Gasteiger partial charge in [0.1, 0.15) is 5.75 Å². The van der Waals surface area contributed by atoms with Gasteiger partial charge in [0, 0.05) is 22.7 Å². The molecule has 1 rings (SSSR count). The van der Waals surface area contributed by atoms with Crippen LogP contribution in [0, 0.1) is 0 Å². The van der Waals surface area contributed by atoms with Crippen LogP contribution in [0.25, 0.3) is 10.4 Å². The number of rotatable bonds is 6. The smallest absolute Gasteiger partial charge is 0.338 e. The molecule has 6 nitrogen and oxygen atoms in total. The SMILES string of the molecule is C=C(CCN(C)C)C(=O)Oc1ccc(N=[N+]=[N-])cc1. The minimum Gasteiger partial charge on any atom is -0.423 e. The average Bonchev–Trinajstić information content (AvgIpc) is 2.38. The van der Waals surface area contributed by atoms with Crippen molar-refractivity contribution in [3.05, 3.63) is 46.9 Å². The first-order chi connectivity index (χ1) is 9.02. The molecule has 0 saturated heterocycles. The summed E-state index contributed by atoms with van der Waals surface area (Å²) >= 11 is 0. The summed E-state index contributed by atoms with van der Waals surface area (Å²) in [4.78, 5) is 16.3. The standard InChI is InChI=1S/C13H16N4O2/c1-10(8-9-17(2)3)13(18)19-12-6-4-11(5-7-12)15-16-14/h4-7H,1,8-9H2,2-3H3. The molecule has 0 spiro atoms. The zero-order chi connectivity index (χ0) is 14.3. The Morgan fingerprint density at radius 3 is 2.58 bits per heavy atom. The molecule has 0 radical (unpaired) electrons. The van der Waals surface area contributed by atoms with Gasteiger partial charge in [-0.2, -0.15) is 0 Å². The van der Waals surface area contributed by atoms with Gasteiger partial charge in [0.15, 0.2) is 0 Å². The number of hydrogen-bond donors (Lipinski definition) is 0. The lowest BCUT2D eigenvalue weighted by molar-refractivity contribution is -0.130. The molecule has 100 valence electrons. The molecule has 0 aliphatic heterocycles. The molecule has 0 aromatic heterocycles. The van der Waals surface area contributed by atoms with Gasteiger partial charge >= 0.3 is 5.97 Å². The first-order valence-corrected chi connectivity index (χ1v) is 5.73. The van der Waals surface area contributed by atoms with Gasteiger partial charge in [0.2, 0.25) is 0 Å². The number of hydrogen-bond acceptors (Lipinski definition) is 4. The molecule has 1 aromatic carbocycles. The van der Waals surface area contributed by atoms with Crippen LogP contribution >= 0.6 is 0 Å². The van der Waals surface area contributed by atoms with Crippen LogP contribution in [0.2, 0.25) is 0 Å². The molecule has 0 unspecified atom stereocenters. The van der Waals surface area contributed by atoms with Gasteiger partial charge in [-0.05, 0) is 50.3 Å². The molecule has 19 heavy (non-hydrogen) atoms. The molecule has 0 aliphatic carbocycles. The van der Waals surface area contributed by atoms with Gasteiger partial charge < -0.3 is 9.64 Å². The molecular formula is C13H16N4O2. The molecular weight excluding hydrogens is 244 g/mol. The predicted molar refractivity (Wildman–Crippen MR) is 73.2 cm³/mol. The van der Waals surface area contributed by atoms with E-state index in [2.05, 4.69) is 16.6 Å². The average molecular weight is 260 g/mol. The fourth-order valence-corrected chi connectivity index (χ4v) is 1.27. The number of benzene rings is 1. The summed E-state index contributed by atoms with van der Waals surface area (Å²) in [5, 5.41) is 3.43. The Hall–Kier alpha value is -2.30. The molecule has 1 aromatic rings. The minimum absolute atomic E-state index is 0.396. The van der Waals surface area contributed by atoms with Crippen molar-refractivity contribution < 1.29 is 9.53 Å². The van der Waals surface area contributed by atoms with Crippen LogP contribution in [0.1, 0.15) is 6.42 Å². The third-order valence-corrected chi connectivity index (χ3v) is 2.36. The fourth-order valence-electron chi connectivity index (χ4n) is 1.27. The summed E-state index contributed by atoms with van der Waals surface area (Å²) < 4.78 is 5.15. The Kier molecular flexibility index (Phi) is 5.60. The van der Waals surface area contributed by atoms with Crippen LogP contribution in [0.5, 0.6) is 5.75 Å². The Balaban J connectivity index is 2.56.